The first kappa shape index (κ1) is 16.9. The second kappa shape index (κ2) is 8.22. The molecule has 23 heavy (non-hydrogen) atoms. The van der Waals surface area contributed by atoms with Crippen LogP contribution in [0.25, 0.3) is 0 Å². The number of hydrogen-bond donors (Lipinski definition) is 2. The van der Waals surface area contributed by atoms with E-state index in [1.54, 1.807) is 0 Å². The SMILES string of the molecule is CCOc1cccc(NCC(=O)Nc2ccccc2C(C)C)c1. The standard InChI is InChI=1S/C19H24N2O2/c1-4-23-16-9-7-8-15(12-16)20-13-19(22)21-18-11-6-5-10-17(18)14(2)3/h5-12,14,20H,4,13H2,1-3H3,(H,21,22). The number of para-hydroxylation sites is 1. The summed E-state index contributed by atoms with van der Waals surface area (Å²) >= 11 is 0. The Morgan fingerprint density at radius 2 is 1.91 bits per heavy atom. The minimum absolute atomic E-state index is 0.0695. The number of amides is 1. The van der Waals surface area contributed by atoms with Gasteiger partial charge in [0.1, 0.15) is 5.75 Å². The van der Waals surface area contributed by atoms with E-state index in [-0.39, 0.29) is 12.5 Å². The summed E-state index contributed by atoms with van der Waals surface area (Å²) in [6, 6.07) is 15.5. The first-order valence-corrected chi connectivity index (χ1v) is 7.95. The molecule has 2 rings (SSSR count). The van der Waals surface area contributed by atoms with Crippen LogP contribution in [-0.4, -0.2) is 19.1 Å². The Bertz CT molecular complexity index is 653. The summed E-state index contributed by atoms with van der Waals surface area (Å²) < 4.78 is 5.45. The molecule has 122 valence electrons. The van der Waals surface area contributed by atoms with Gasteiger partial charge < -0.3 is 15.4 Å². The van der Waals surface area contributed by atoms with Gasteiger partial charge in [0.25, 0.3) is 0 Å². The second-order valence-electron chi connectivity index (χ2n) is 5.60. The number of ether oxygens (including phenoxy) is 1. The van der Waals surface area contributed by atoms with Crippen LogP contribution >= 0.6 is 0 Å². The lowest BCUT2D eigenvalue weighted by molar-refractivity contribution is -0.114. The predicted octanol–water partition coefficient (Wildman–Crippen LogP) is 4.26. The maximum absolute atomic E-state index is 12.2. The zero-order valence-corrected chi connectivity index (χ0v) is 13.9. The average molecular weight is 312 g/mol. The molecule has 2 N–H and O–H groups in total. The fourth-order valence-corrected chi connectivity index (χ4v) is 2.35. The van der Waals surface area contributed by atoms with Gasteiger partial charge in [-0.25, -0.2) is 0 Å². The van der Waals surface area contributed by atoms with E-state index in [9.17, 15) is 4.79 Å². The third-order valence-corrected chi connectivity index (χ3v) is 3.45. The Balaban J connectivity index is 1.94. The van der Waals surface area contributed by atoms with Gasteiger partial charge >= 0.3 is 0 Å². The largest absolute Gasteiger partial charge is 0.494 e. The van der Waals surface area contributed by atoms with Crippen LogP contribution in [0, 0.1) is 0 Å². The van der Waals surface area contributed by atoms with Crippen molar-refractivity contribution < 1.29 is 9.53 Å². The second-order valence-corrected chi connectivity index (χ2v) is 5.60. The van der Waals surface area contributed by atoms with Crippen LogP contribution in [0.15, 0.2) is 48.5 Å². The van der Waals surface area contributed by atoms with Gasteiger partial charge in [0.05, 0.1) is 13.2 Å². The molecule has 2 aromatic rings. The highest BCUT2D eigenvalue weighted by molar-refractivity contribution is 5.94. The molecule has 0 aromatic heterocycles. The summed E-state index contributed by atoms with van der Waals surface area (Å²) in [5.74, 6) is 1.09. The zero-order valence-electron chi connectivity index (χ0n) is 13.9. The lowest BCUT2D eigenvalue weighted by Crippen LogP contribution is -2.22. The summed E-state index contributed by atoms with van der Waals surface area (Å²) in [4.78, 5) is 12.2. The van der Waals surface area contributed by atoms with Crippen molar-refractivity contribution in [3.63, 3.8) is 0 Å². The molecule has 0 saturated carbocycles. The first-order valence-electron chi connectivity index (χ1n) is 7.95. The van der Waals surface area contributed by atoms with Gasteiger partial charge in [-0.05, 0) is 36.6 Å². The molecule has 4 heteroatoms. The number of rotatable bonds is 7. The van der Waals surface area contributed by atoms with E-state index < -0.39 is 0 Å². The van der Waals surface area contributed by atoms with Crippen LogP contribution in [0.2, 0.25) is 0 Å². The smallest absolute Gasteiger partial charge is 0.243 e. The molecule has 0 aliphatic rings. The van der Waals surface area contributed by atoms with Crippen LogP contribution in [0.1, 0.15) is 32.3 Å². The Kier molecular flexibility index (Phi) is 6.03. The highest BCUT2D eigenvalue weighted by atomic mass is 16.5. The van der Waals surface area contributed by atoms with E-state index in [2.05, 4.69) is 24.5 Å². The summed E-state index contributed by atoms with van der Waals surface area (Å²) in [5, 5.41) is 6.09. The molecule has 0 bridgehead atoms. The Labute approximate surface area is 137 Å². The average Bonchev–Trinajstić information content (AvgIpc) is 2.54. The molecule has 0 aliphatic heterocycles. The lowest BCUT2D eigenvalue weighted by Gasteiger charge is -2.14. The minimum Gasteiger partial charge on any atom is -0.494 e. The summed E-state index contributed by atoms with van der Waals surface area (Å²) in [5.41, 5.74) is 2.87. The van der Waals surface area contributed by atoms with E-state index in [0.717, 1.165) is 22.7 Å². The van der Waals surface area contributed by atoms with Crippen LogP contribution in [-0.2, 0) is 4.79 Å². The van der Waals surface area contributed by atoms with Crippen molar-refractivity contribution in [1.29, 1.82) is 0 Å². The number of carbonyl (C=O) groups excluding carboxylic acids is 1. The molecule has 0 radical (unpaired) electrons. The van der Waals surface area contributed by atoms with Crippen LogP contribution in [0.5, 0.6) is 5.75 Å². The van der Waals surface area contributed by atoms with Gasteiger partial charge in [0, 0.05) is 17.4 Å². The molecule has 1 amide bonds. The van der Waals surface area contributed by atoms with Crippen LogP contribution in [0.3, 0.4) is 0 Å². The van der Waals surface area contributed by atoms with Crippen molar-refractivity contribution >= 4 is 17.3 Å². The number of nitrogens with one attached hydrogen (secondary N) is 2. The van der Waals surface area contributed by atoms with Gasteiger partial charge in [0.2, 0.25) is 5.91 Å². The highest BCUT2D eigenvalue weighted by Crippen LogP contribution is 2.23. The number of hydrogen-bond acceptors (Lipinski definition) is 3. The van der Waals surface area contributed by atoms with Gasteiger partial charge in [-0.1, -0.05) is 38.1 Å². The molecule has 4 nitrogen and oxygen atoms in total. The Morgan fingerprint density at radius 3 is 2.65 bits per heavy atom. The summed E-state index contributed by atoms with van der Waals surface area (Å²) in [7, 11) is 0. The number of carbonyl (C=O) groups is 1. The van der Waals surface area contributed by atoms with E-state index >= 15 is 0 Å². The van der Waals surface area contributed by atoms with Crippen molar-refractivity contribution in [2.24, 2.45) is 0 Å². The first-order chi connectivity index (χ1) is 11.1. The minimum atomic E-state index is -0.0695. The van der Waals surface area contributed by atoms with Crippen LogP contribution < -0.4 is 15.4 Å². The fourth-order valence-electron chi connectivity index (χ4n) is 2.35. The Hall–Kier alpha value is -2.49. The van der Waals surface area contributed by atoms with E-state index in [1.165, 1.54) is 0 Å². The van der Waals surface area contributed by atoms with Gasteiger partial charge in [-0.15, -0.1) is 0 Å². The molecule has 0 unspecified atom stereocenters. The molecule has 0 atom stereocenters. The van der Waals surface area contributed by atoms with Crippen molar-refractivity contribution in [2.45, 2.75) is 26.7 Å². The predicted molar refractivity (Wildman–Crippen MR) is 95.3 cm³/mol. The van der Waals surface area contributed by atoms with E-state index in [1.807, 2.05) is 55.5 Å². The molecule has 0 fully saturated rings. The van der Waals surface area contributed by atoms with E-state index in [0.29, 0.717) is 12.5 Å². The summed E-state index contributed by atoms with van der Waals surface area (Å²) in [6.07, 6.45) is 0. The highest BCUT2D eigenvalue weighted by Gasteiger charge is 2.09. The zero-order chi connectivity index (χ0) is 16.7. The van der Waals surface area contributed by atoms with Gasteiger partial charge in [-0.3, -0.25) is 4.79 Å². The third kappa shape index (κ3) is 5.02. The molecule has 2 aromatic carbocycles. The maximum Gasteiger partial charge on any atom is 0.243 e. The third-order valence-electron chi connectivity index (χ3n) is 3.45. The molecule has 0 aliphatic carbocycles. The number of benzene rings is 2. The van der Waals surface area contributed by atoms with Crippen molar-refractivity contribution in [3.05, 3.63) is 54.1 Å². The van der Waals surface area contributed by atoms with Gasteiger partial charge in [0.15, 0.2) is 0 Å². The topological polar surface area (TPSA) is 50.4 Å². The van der Waals surface area contributed by atoms with Crippen molar-refractivity contribution in [3.8, 4) is 5.75 Å². The molecule has 0 spiro atoms. The normalized spacial score (nSPS) is 10.4. The summed E-state index contributed by atoms with van der Waals surface area (Å²) in [6.45, 7) is 7.00. The van der Waals surface area contributed by atoms with Crippen molar-refractivity contribution in [1.82, 2.24) is 0 Å². The fraction of sp³-hybridized carbons (Fsp3) is 0.316. The monoisotopic (exact) mass is 312 g/mol. The molecular formula is C19H24N2O2. The van der Waals surface area contributed by atoms with Crippen LogP contribution in [0.4, 0.5) is 11.4 Å². The lowest BCUT2D eigenvalue weighted by atomic mass is 10.0. The van der Waals surface area contributed by atoms with Crippen molar-refractivity contribution in [2.75, 3.05) is 23.8 Å². The molecule has 0 saturated heterocycles. The van der Waals surface area contributed by atoms with E-state index in [4.69, 9.17) is 4.74 Å². The Morgan fingerprint density at radius 1 is 1.13 bits per heavy atom. The number of anilines is 2. The molecular weight excluding hydrogens is 288 g/mol. The quantitative estimate of drug-likeness (QED) is 0.803. The molecule has 0 heterocycles. The van der Waals surface area contributed by atoms with Gasteiger partial charge in [-0.2, -0.15) is 0 Å². The maximum atomic E-state index is 12.2.